The van der Waals surface area contributed by atoms with Crippen LogP contribution in [0.4, 0.5) is 13.2 Å². The highest BCUT2D eigenvalue weighted by Gasteiger charge is 2.32. The van der Waals surface area contributed by atoms with E-state index in [0.717, 1.165) is 19.5 Å². The average molecular weight is 381 g/mol. The Morgan fingerprint density at radius 2 is 2.15 bits per heavy atom. The molecular formula is C18H22F3N5O. The van der Waals surface area contributed by atoms with Crippen LogP contribution in [0.3, 0.4) is 0 Å². The lowest BCUT2D eigenvalue weighted by Crippen LogP contribution is -2.39. The lowest BCUT2D eigenvalue weighted by Gasteiger charge is -2.22. The number of aromatic nitrogens is 2. The van der Waals surface area contributed by atoms with Crippen molar-refractivity contribution in [3.8, 4) is 5.75 Å². The van der Waals surface area contributed by atoms with Gasteiger partial charge in [-0.15, -0.1) is 13.2 Å². The van der Waals surface area contributed by atoms with Gasteiger partial charge in [0, 0.05) is 51.4 Å². The number of likely N-dealkylation sites (tertiary alicyclic amines) is 1. The molecule has 0 spiro atoms. The Hall–Kier alpha value is -2.71. The SMILES string of the molecule is CN=C(NCc1ccccc1OC(F)(F)F)N1CCC(c2cnn(C)c2)C1. The fraction of sp³-hybridized carbons (Fsp3) is 0.444. The Labute approximate surface area is 155 Å². The molecule has 1 aliphatic heterocycles. The number of aliphatic imine (C=N–C) groups is 1. The summed E-state index contributed by atoms with van der Waals surface area (Å²) < 4.78 is 43.5. The second-order valence-corrected chi connectivity index (χ2v) is 6.44. The third-order valence-electron chi connectivity index (χ3n) is 4.53. The first-order valence-electron chi connectivity index (χ1n) is 8.63. The second kappa shape index (κ2) is 7.89. The van der Waals surface area contributed by atoms with Crippen molar-refractivity contribution in [3.05, 3.63) is 47.8 Å². The number of hydrogen-bond acceptors (Lipinski definition) is 3. The minimum Gasteiger partial charge on any atom is -0.405 e. The molecular weight excluding hydrogens is 359 g/mol. The van der Waals surface area contributed by atoms with Gasteiger partial charge in [0.05, 0.1) is 6.20 Å². The van der Waals surface area contributed by atoms with Gasteiger partial charge in [-0.25, -0.2) is 0 Å². The fourth-order valence-corrected chi connectivity index (χ4v) is 3.26. The molecule has 0 aliphatic carbocycles. The number of guanidine groups is 1. The summed E-state index contributed by atoms with van der Waals surface area (Å²) in [5, 5.41) is 7.35. The van der Waals surface area contributed by atoms with Gasteiger partial charge in [0.2, 0.25) is 0 Å². The predicted molar refractivity (Wildman–Crippen MR) is 95.5 cm³/mol. The Bertz CT molecular complexity index is 802. The fourth-order valence-electron chi connectivity index (χ4n) is 3.26. The number of hydrogen-bond donors (Lipinski definition) is 1. The van der Waals surface area contributed by atoms with Crippen molar-refractivity contribution in [1.29, 1.82) is 0 Å². The zero-order chi connectivity index (χ0) is 19.4. The van der Waals surface area contributed by atoms with Gasteiger partial charge in [0.25, 0.3) is 0 Å². The van der Waals surface area contributed by atoms with E-state index >= 15 is 0 Å². The monoisotopic (exact) mass is 381 g/mol. The van der Waals surface area contributed by atoms with Crippen LogP contribution in [0.15, 0.2) is 41.7 Å². The van der Waals surface area contributed by atoms with E-state index in [2.05, 4.69) is 25.0 Å². The van der Waals surface area contributed by atoms with Gasteiger partial charge in [0.15, 0.2) is 5.96 Å². The van der Waals surface area contributed by atoms with Crippen LogP contribution in [0.2, 0.25) is 0 Å². The third-order valence-corrected chi connectivity index (χ3v) is 4.53. The normalized spacial score (nSPS) is 18.0. The van der Waals surface area contributed by atoms with E-state index in [1.54, 1.807) is 23.9 Å². The molecule has 0 radical (unpaired) electrons. The number of ether oxygens (including phenoxy) is 1. The van der Waals surface area contributed by atoms with Crippen LogP contribution in [-0.2, 0) is 13.6 Å². The van der Waals surface area contributed by atoms with Crippen molar-refractivity contribution in [2.75, 3.05) is 20.1 Å². The number of benzene rings is 1. The van der Waals surface area contributed by atoms with Gasteiger partial charge in [-0.2, -0.15) is 5.10 Å². The van der Waals surface area contributed by atoms with Crippen LogP contribution < -0.4 is 10.1 Å². The van der Waals surface area contributed by atoms with E-state index in [1.165, 1.54) is 17.7 Å². The van der Waals surface area contributed by atoms with Gasteiger partial charge in [0.1, 0.15) is 5.75 Å². The van der Waals surface area contributed by atoms with E-state index in [0.29, 0.717) is 17.4 Å². The van der Waals surface area contributed by atoms with Crippen LogP contribution in [0.25, 0.3) is 0 Å². The highest BCUT2D eigenvalue weighted by Crippen LogP contribution is 2.28. The Balaban J connectivity index is 1.62. The molecule has 1 saturated heterocycles. The first-order chi connectivity index (χ1) is 12.9. The molecule has 1 aromatic heterocycles. The van der Waals surface area contributed by atoms with Gasteiger partial charge < -0.3 is 15.0 Å². The molecule has 0 amide bonds. The molecule has 146 valence electrons. The van der Waals surface area contributed by atoms with E-state index in [9.17, 15) is 13.2 Å². The van der Waals surface area contributed by atoms with E-state index in [-0.39, 0.29) is 12.3 Å². The van der Waals surface area contributed by atoms with Crippen LogP contribution in [0.1, 0.15) is 23.5 Å². The number of para-hydroxylation sites is 1. The lowest BCUT2D eigenvalue weighted by atomic mass is 10.0. The lowest BCUT2D eigenvalue weighted by molar-refractivity contribution is -0.274. The molecule has 1 aromatic carbocycles. The summed E-state index contributed by atoms with van der Waals surface area (Å²) >= 11 is 0. The number of halogens is 3. The van der Waals surface area contributed by atoms with Crippen molar-refractivity contribution in [2.45, 2.75) is 25.2 Å². The number of aryl methyl sites for hydroxylation is 1. The summed E-state index contributed by atoms with van der Waals surface area (Å²) in [5.74, 6) is 0.809. The summed E-state index contributed by atoms with van der Waals surface area (Å²) in [7, 11) is 3.55. The Morgan fingerprint density at radius 3 is 2.81 bits per heavy atom. The van der Waals surface area contributed by atoms with Crippen molar-refractivity contribution < 1.29 is 17.9 Å². The van der Waals surface area contributed by atoms with Crippen molar-refractivity contribution in [2.24, 2.45) is 12.0 Å². The summed E-state index contributed by atoms with van der Waals surface area (Å²) in [6, 6.07) is 6.10. The molecule has 9 heteroatoms. The minimum absolute atomic E-state index is 0.187. The second-order valence-electron chi connectivity index (χ2n) is 6.44. The Kier molecular flexibility index (Phi) is 5.57. The molecule has 2 aromatic rings. The zero-order valence-corrected chi connectivity index (χ0v) is 15.2. The molecule has 27 heavy (non-hydrogen) atoms. The van der Waals surface area contributed by atoms with E-state index < -0.39 is 6.36 Å². The molecule has 1 unspecified atom stereocenters. The summed E-state index contributed by atoms with van der Waals surface area (Å²) in [6.45, 7) is 1.79. The van der Waals surface area contributed by atoms with Crippen LogP contribution >= 0.6 is 0 Å². The summed E-state index contributed by atoms with van der Waals surface area (Å²) in [5.41, 5.74) is 1.60. The summed E-state index contributed by atoms with van der Waals surface area (Å²) in [4.78, 5) is 6.37. The quantitative estimate of drug-likeness (QED) is 0.654. The molecule has 0 bridgehead atoms. The maximum Gasteiger partial charge on any atom is 0.573 e. The van der Waals surface area contributed by atoms with Crippen molar-refractivity contribution >= 4 is 5.96 Å². The number of rotatable bonds is 4. The minimum atomic E-state index is -4.72. The van der Waals surface area contributed by atoms with E-state index in [1.807, 2.05) is 19.4 Å². The van der Waals surface area contributed by atoms with Gasteiger partial charge in [-0.3, -0.25) is 9.67 Å². The van der Waals surface area contributed by atoms with Crippen LogP contribution in [0, 0.1) is 0 Å². The third kappa shape index (κ3) is 4.93. The first-order valence-corrected chi connectivity index (χ1v) is 8.63. The zero-order valence-electron chi connectivity index (χ0n) is 15.2. The molecule has 1 aliphatic rings. The Morgan fingerprint density at radius 1 is 1.37 bits per heavy atom. The van der Waals surface area contributed by atoms with E-state index in [4.69, 9.17) is 0 Å². The van der Waals surface area contributed by atoms with Crippen molar-refractivity contribution in [3.63, 3.8) is 0 Å². The molecule has 3 rings (SSSR count). The highest BCUT2D eigenvalue weighted by molar-refractivity contribution is 5.80. The number of nitrogens with zero attached hydrogens (tertiary/aromatic N) is 4. The maximum atomic E-state index is 12.6. The van der Waals surface area contributed by atoms with Gasteiger partial charge >= 0.3 is 6.36 Å². The molecule has 1 atom stereocenters. The largest absolute Gasteiger partial charge is 0.573 e. The highest BCUT2D eigenvalue weighted by atomic mass is 19.4. The maximum absolute atomic E-state index is 12.6. The topological polar surface area (TPSA) is 54.7 Å². The first kappa shape index (κ1) is 19.1. The average Bonchev–Trinajstić information content (AvgIpc) is 3.25. The molecule has 1 fully saturated rings. The van der Waals surface area contributed by atoms with Gasteiger partial charge in [-0.1, -0.05) is 18.2 Å². The van der Waals surface area contributed by atoms with Crippen LogP contribution in [0.5, 0.6) is 5.75 Å². The standard InChI is InChI=1S/C18H22F3N5O/c1-22-17(26-8-7-14(12-26)15-10-24-25(2)11-15)23-9-13-5-3-4-6-16(13)27-18(19,20)21/h3-6,10-11,14H,7-9,12H2,1-2H3,(H,22,23). The molecule has 1 N–H and O–H groups in total. The molecule has 2 heterocycles. The van der Waals surface area contributed by atoms with Crippen LogP contribution in [-0.4, -0.2) is 47.1 Å². The predicted octanol–water partition coefficient (Wildman–Crippen LogP) is 2.88. The smallest absolute Gasteiger partial charge is 0.405 e. The van der Waals surface area contributed by atoms with Gasteiger partial charge in [-0.05, 0) is 18.1 Å². The number of nitrogens with one attached hydrogen (secondary N) is 1. The van der Waals surface area contributed by atoms with Crippen molar-refractivity contribution in [1.82, 2.24) is 20.0 Å². The molecule has 0 saturated carbocycles. The number of alkyl halides is 3. The molecule has 6 nitrogen and oxygen atoms in total. The summed E-state index contributed by atoms with van der Waals surface area (Å²) in [6.07, 6.45) is 0.133.